The highest BCUT2D eigenvalue weighted by Crippen LogP contribution is 2.34. The third-order valence-corrected chi connectivity index (χ3v) is 7.75. The highest BCUT2D eigenvalue weighted by atomic mass is 32.1. The van der Waals surface area contributed by atoms with E-state index in [1.54, 1.807) is 0 Å². The van der Waals surface area contributed by atoms with Gasteiger partial charge in [0, 0.05) is 18.0 Å². The number of aryl methyl sites for hydroxylation is 1. The lowest BCUT2D eigenvalue weighted by molar-refractivity contribution is -0.668. The van der Waals surface area contributed by atoms with Crippen LogP contribution in [0.3, 0.4) is 0 Å². The summed E-state index contributed by atoms with van der Waals surface area (Å²) in [5.74, 6) is 0.893. The SMILES string of the molecule is C#C.C#C.C1CCCCC1.CC[NH2+]Cc1nc(C)sc1[C@@H]1C[NH2+]CC1C(=O)N1CCCCC1. The average Bonchev–Trinajstić information content (AvgIpc) is 3.53. The summed E-state index contributed by atoms with van der Waals surface area (Å²) in [7, 11) is 0. The van der Waals surface area contributed by atoms with Gasteiger partial charge in [0.15, 0.2) is 0 Å². The first-order valence-electron chi connectivity index (χ1n) is 12.8. The lowest BCUT2D eigenvalue weighted by Crippen LogP contribution is -2.82. The van der Waals surface area contributed by atoms with Gasteiger partial charge in [-0.2, -0.15) is 0 Å². The van der Waals surface area contributed by atoms with Crippen LogP contribution in [0.25, 0.3) is 0 Å². The summed E-state index contributed by atoms with van der Waals surface area (Å²) in [6.07, 6.45) is 28.6. The molecule has 2 saturated heterocycles. The fourth-order valence-corrected chi connectivity index (χ4v) is 6.09. The minimum atomic E-state index is 0.147. The fraction of sp³-hybridized carbons (Fsp3) is 0.704. The van der Waals surface area contributed by atoms with Crippen molar-refractivity contribution in [3.63, 3.8) is 0 Å². The summed E-state index contributed by atoms with van der Waals surface area (Å²) < 4.78 is 0. The van der Waals surface area contributed by atoms with Crippen LogP contribution in [0.1, 0.15) is 86.2 Å². The molecule has 6 heteroatoms. The Labute approximate surface area is 206 Å². The molecule has 0 bridgehead atoms. The molecule has 4 N–H and O–H groups in total. The second-order valence-corrected chi connectivity index (χ2v) is 10.2. The van der Waals surface area contributed by atoms with Crippen molar-refractivity contribution in [1.29, 1.82) is 0 Å². The molecule has 4 rings (SSSR count). The van der Waals surface area contributed by atoms with Gasteiger partial charge in [0.2, 0.25) is 5.91 Å². The Morgan fingerprint density at radius 2 is 1.55 bits per heavy atom. The first-order chi connectivity index (χ1) is 16.2. The number of quaternary nitrogens is 2. The van der Waals surface area contributed by atoms with Crippen molar-refractivity contribution in [3.05, 3.63) is 15.6 Å². The van der Waals surface area contributed by atoms with Gasteiger partial charge < -0.3 is 15.5 Å². The molecular weight excluding hydrogens is 428 g/mol. The molecule has 2 atom stereocenters. The number of piperidine rings is 1. The van der Waals surface area contributed by atoms with Crippen LogP contribution >= 0.6 is 11.3 Å². The summed E-state index contributed by atoms with van der Waals surface area (Å²) >= 11 is 1.81. The maximum atomic E-state index is 13.0. The van der Waals surface area contributed by atoms with Gasteiger partial charge in [0.1, 0.15) is 18.2 Å². The van der Waals surface area contributed by atoms with Crippen LogP contribution < -0.4 is 10.6 Å². The summed E-state index contributed by atoms with van der Waals surface area (Å²) in [5.41, 5.74) is 1.21. The number of aromatic nitrogens is 1. The van der Waals surface area contributed by atoms with Gasteiger partial charge in [-0.3, -0.25) is 4.79 Å². The zero-order valence-electron chi connectivity index (χ0n) is 20.9. The number of rotatable bonds is 5. The van der Waals surface area contributed by atoms with Crippen molar-refractivity contribution in [3.8, 4) is 25.7 Å². The van der Waals surface area contributed by atoms with E-state index in [1.165, 1.54) is 68.4 Å². The van der Waals surface area contributed by atoms with Gasteiger partial charge in [0.05, 0.1) is 30.6 Å². The molecule has 1 aliphatic carbocycles. The normalized spacial score (nSPS) is 21.9. The van der Waals surface area contributed by atoms with Crippen LogP contribution in [-0.4, -0.2) is 48.5 Å². The Bertz CT molecular complexity index is 684. The van der Waals surface area contributed by atoms with Crippen molar-refractivity contribution in [2.45, 2.75) is 84.1 Å². The number of nitrogens with two attached hydrogens (primary N) is 2. The monoisotopic (exact) mass is 474 g/mol. The Morgan fingerprint density at radius 3 is 2.09 bits per heavy atom. The molecule has 5 nitrogen and oxygen atoms in total. The predicted molar refractivity (Wildman–Crippen MR) is 139 cm³/mol. The van der Waals surface area contributed by atoms with Crippen molar-refractivity contribution in [1.82, 2.24) is 9.88 Å². The van der Waals surface area contributed by atoms with Crippen molar-refractivity contribution < 1.29 is 15.4 Å². The molecule has 0 spiro atoms. The predicted octanol–water partition coefficient (Wildman–Crippen LogP) is 2.66. The second kappa shape index (κ2) is 17.6. The highest BCUT2D eigenvalue weighted by Gasteiger charge is 2.41. The molecule has 1 unspecified atom stereocenters. The maximum absolute atomic E-state index is 13.0. The smallest absolute Gasteiger partial charge is 0.232 e. The number of amides is 1. The molecule has 3 fully saturated rings. The maximum Gasteiger partial charge on any atom is 0.232 e. The van der Waals surface area contributed by atoms with E-state index < -0.39 is 0 Å². The first-order valence-corrected chi connectivity index (χ1v) is 13.6. The van der Waals surface area contributed by atoms with Gasteiger partial charge in [-0.05, 0) is 33.1 Å². The molecule has 0 aromatic carbocycles. The van der Waals surface area contributed by atoms with E-state index in [9.17, 15) is 4.79 Å². The minimum absolute atomic E-state index is 0.147. The van der Waals surface area contributed by atoms with Crippen LogP contribution in [0.4, 0.5) is 0 Å². The zero-order chi connectivity index (χ0) is 24.5. The number of thiazole rings is 1. The Balaban J connectivity index is 0.000000460. The van der Waals surface area contributed by atoms with Crippen molar-refractivity contribution in [2.75, 3.05) is 32.7 Å². The highest BCUT2D eigenvalue weighted by molar-refractivity contribution is 7.11. The van der Waals surface area contributed by atoms with Crippen LogP contribution in [0.15, 0.2) is 0 Å². The van der Waals surface area contributed by atoms with E-state index in [1.807, 2.05) is 11.3 Å². The molecule has 1 aromatic rings. The molecule has 184 valence electrons. The Kier molecular flexibility index (Phi) is 15.6. The van der Waals surface area contributed by atoms with Gasteiger partial charge in [-0.25, -0.2) is 4.98 Å². The largest absolute Gasteiger partial charge is 0.345 e. The number of likely N-dealkylation sites (tertiary alicyclic amines) is 1. The van der Waals surface area contributed by atoms with E-state index >= 15 is 0 Å². The number of hydrogen-bond donors (Lipinski definition) is 2. The molecule has 1 saturated carbocycles. The number of nitrogens with zero attached hydrogens (tertiary/aromatic N) is 2. The molecule has 3 heterocycles. The summed E-state index contributed by atoms with van der Waals surface area (Å²) in [6.45, 7) is 10.2. The summed E-state index contributed by atoms with van der Waals surface area (Å²) in [5, 5.41) is 5.74. The number of terminal acetylenes is 2. The van der Waals surface area contributed by atoms with Gasteiger partial charge in [-0.15, -0.1) is 37.0 Å². The Hall–Kier alpha value is -1.86. The lowest BCUT2D eigenvalue weighted by atomic mass is 9.91. The third-order valence-electron chi connectivity index (χ3n) is 6.61. The molecule has 3 aliphatic rings. The number of carbonyl (C=O) groups excluding carboxylic acids is 1. The van der Waals surface area contributed by atoms with E-state index in [2.05, 4.69) is 55.1 Å². The number of carbonyl (C=O) groups is 1. The third kappa shape index (κ3) is 9.49. The molecular formula is C27H46N4OS+2. The van der Waals surface area contributed by atoms with Gasteiger partial charge in [-0.1, -0.05) is 38.5 Å². The van der Waals surface area contributed by atoms with E-state index in [-0.39, 0.29) is 5.92 Å². The number of hydrogen-bond acceptors (Lipinski definition) is 3. The van der Waals surface area contributed by atoms with Crippen LogP contribution in [0.2, 0.25) is 0 Å². The summed E-state index contributed by atoms with van der Waals surface area (Å²) in [4.78, 5) is 21.2. The van der Waals surface area contributed by atoms with E-state index in [0.717, 1.165) is 44.3 Å². The Morgan fingerprint density at radius 1 is 1.00 bits per heavy atom. The van der Waals surface area contributed by atoms with Crippen LogP contribution in [0, 0.1) is 38.5 Å². The van der Waals surface area contributed by atoms with Crippen molar-refractivity contribution >= 4 is 17.2 Å². The van der Waals surface area contributed by atoms with Crippen LogP contribution in [0.5, 0.6) is 0 Å². The molecule has 2 aliphatic heterocycles. The van der Waals surface area contributed by atoms with E-state index in [4.69, 9.17) is 4.98 Å². The van der Waals surface area contributed by atoms with Crippen LogP contribution in [-0.2, 0) is 11.3 Å². The molecule has 33 heavy (non-hydrogen) atoms. The topological polar surface area (TPSA) is 66.4 Å². The standard InChI is InChI=1S/C17H28N4OS.C6H12.2C2H2/c1-3-18-11-15-16(23-12(2)20-15)13-9-19-10-14(13)17(22)21-7-5-4-6-8-21;1-2-4-6-5-3-1;2*1-2/h13-14,18-19H,3-11H2,1-2H3;1-6H2;2*1-2H/p+2/t13-,14?;;;/m1.../s1. The van der Waals surface area contributed by atoms with Gasteiger partial charge in [0.25, 0.3) is 0 Å². The first kappa shape index (κ1) is 29.2. The molecule has 0 radical (unpaired) electrons. The quantitative estimate of drug-likeness (QED) is 0.645. The summed E-state index contributed by atoms with van der Waals surface area (Å²) in [6, 6.07) is 0. The molecule has 1 amide bonds. The molecule has 1 aromatic heterocycles. The second-order valence-electron chi connectivity index (χ2n) is 8.93. The van der Waals surface area contributed by atoms with Crippen molar-refractivity contribution in [2.24, 2.45) is 5.92 Å². The average molecular weight is 475 g/mol. The van der Waals surface area contributed by atoms with Gasteiger partial charge >= 0.3 is 0 Å². The minimum Gasteiger partial charge on any atom is -0.345 e. The fourth-order valence-electron chi connectivity index (χ4n) is 4.96. The lowest BCUT2D eigenvalue weighted by Gasteiger charge is -2.29. The van der Waals surface area contributed by atoms with E-state index in [0.29, 0.717) is 11.8 Å². The zero-order valence-corrected chi connectivity index (χ0v) is 21.8.